The van der Waals surface area contributed by atoms with Gasteiger partial charge in [0.2, 0.25) is 5.91 Å². The highest BCUT2D eigenvalue weighted by Gasteiger charge is 2.28. The smallest absolute Gasteiger partial charge is 0.223 e. The summed E-state index contributed by atoms with van der Waals surface area (Å²) in [5.74, 6) is -1.24. The number of primary amides is 1. The number of phenols is 1. The van der Waals surface area contributed by atoms with E-state index < -0.39 is 11.8 Å². The molecular weight excluding hydrogens is 313 g/mol. The van der Waals surface area contributed by atoms with Crippen LogP contribution in [0, 0.1) is 11.8 Å². The van der Waals surface area contributed by atoms with Gasteiger partial charge in [0.1, 0.15) is 5.75 Å². The first kappa shape index (κ1) is 18.1. The molecule has 0 saturated heterocycles. The predicted molar refractivity (Wildman–Crippen MR) is 84.7 cm³/mol. The largest absolute Gasteiger partial charge is 0.508 e. The molecule has 118 valence electrons. The number of carbonyl (C=O) groups is 1. The Balaban J connectivity index is 3.01. The lowest BCUT2D eigenvalue weighted by molar-refractivity contribution is -0.125. The molecule has 3 atom stereocenters. The molecule has 4 N–H and O–H groups in total. The van der Waals surface area contributed by atoms with Crippen LogP contribution in [-0.4, -0.2) is 22.7 Å². The van der Waals surface area contributed by atoms with Crippen molar-refractivity contribution in [2.24, 2.45) is 17.6 Å². The fourth-order valence-electron chi connectivity index (χ4n) is 2.68. The fourth-order valence-corrected chi connectivity index (χ4v) is 3.19. The molecule has 0 bridgehead atoms. The van der Waals surface area contributed by atoms with Crippen LogP contribution in [0.25, 0.3) is 0 Å². The number of rotatable bonds is 7. The van der Waals surface area contributed by atoms with E-state index in [4.69, 9.17) is 28.9 Å². The van der Waals surface area contributed by atoms with Gasteiger partial charge in [0, 0.05) is 5.56 Å². The van der Waals surface area contributed by atoms with E-state index in [1.165, 1.54) is 12.1 Å². The number of carbonyl (C=O) groups excluding carboxylic acids is 1. The molecule has 0 spiro atoms. The summed E-state index contributed by atoms with van der Waals surface area (Å²) in [4.78, 5) is 11.4. The van der Waals surface area contributed by atoms with E-state index in [0.29, 0.717) is 28.5 Å². The molecule has 1 rings (SSSR count). The summed E-state index contributed by atoms with van der Waals surface area (Å²) in [6.07, 6.45) is 1.26. The van der Waals surface area contributed by atoms with E-state index in [1.807, 2.05) is 13.8 Å². The summed E-state index contributed by atoms with van der Waals surface area (Å²) in [5.41, 5.74) is 5.89. The van der Waals surface area contributed by atoms with Gasteiger partial charge >= 0.3 is 0 Å². The van der Waals surface area contributed by atoms with E-state index in [9.17, 15) is 15.0 Å². The van der Waals surface area contributed by atoms with Crippen LogP contribution < -0.4 is 5.73 Å². The highest BCUT2D eigenvalue weighted by atomic mass is 35.5. The minimum atomic E-state index is -0.599. The van der Waals surface area contributed by atoms with Gasteiger partial charge in [-0.3, -0.25) is 4.79 Å². The second-order valence-electron chi connectivity index (χ2n) is 5.29. The minimum Gasteiger partial charge on any atom is -0.508 e. The van der Waals surface area contributed by atoms with Gasteiger partial charge < -0.3 is 15.9 Å². The molecule has 1 aromatic carbocycles. The molecule has 0 aliphatic rings. The van der Waals surface area contributed by atoms with Gasteiger partial charge in [-0.05, 0) is 30.4 Å². The summed E-state index contributed by atoms with van der Waals surface area (Å²) in [6, 6.07) is 3.03. The third-order valence-electron chi connectivity index (χ3n) is 3.91. The molecular formula is C15H21Cl2NO3. The van der Waals surface area contributed by atoms with Crippen molar-refractivity contribution >= 4 is 29.1 Å². The molecule has 21 heavy (non-hydrogen) atoms. The van der Waals surface area contributed by atoms with E-state index in [0.717, 1.165) is 0 Å². The van der Waals surface area contributed by atoms with E-state index >= 15 is 0 Å². The van der Waals surface area contributed by atoms with Crippen molar-refractivity contribution in [2.75, 3.05) is 6.61 Å². The summed E-state index contributed by atoms with van der Waals surface area (Å²) in [6.45, 7) is 3.55. The normalized spacial score (nSPS) is 15.5. The first-order chi connectivity index (χ1) is 9.83. The number of amides is 1. The fraction of sp³-hybridized carbons (Fsp3) is 0.533. The Bertz CT molecular complexity index is 508. The van der Waals surface area contributed by atoms with Crippen LogP contribution in [0.4, 0.5) is 0 Å². The van der Waals surface area contributed by atoms with Crippen LogP contribution in [0.3, 0.4) is 0 Å². The Morgan fingerprint density at radius 2 is 2.00 bits per heavy atom. The molecule has 0 fully saturated rings. The predicted octanol–water partition coefficient (Wildman–Crippen LogP) is 3.31. The molecule has 1 aromatic rings. The number of phenolic OH excluding ortho intramolecular Hbond substituents is 1. The van der Waals surface area contributed by atoms with Crippen molar-refractivity contribution in [3.63, 3.8) is 0 Å². The molecule has 0 unspecified atom stereocenters. The quantitative estimate of drug-likeness (QED) is 0.715. The number of nitrogens with two attached hydrogens (primary N) is 1. The number of hydrogen-bond acceptors (Lipinski definition) is 3. The summed E-state index contributed by atoms with van der Waals surface area (Å²) in [5, 5.41) is 20.0. The van der Waals surface area contributed by atoms with Crippen LogP contribution >= 0.6 is 23.2 Å². The number of hydrogen-bond donors (Lipinski definition) is 3. The van der Waals surface area contributed by atoms with Gasteiger partial charge in [0.15, 0.2) is 0 Å². The Labute approximate surface area is 134 Å². The number of benzene rings is 1. The van der Waals surface area contributed by atoms with Crippen molar-refractivity contribution in [1.29, 1.82) is 0 Å². The average molecular weight is 334 g/mol. The maximum atomic E-state index is 11.4. The molecule has 0 saturated carbocycles. The summed E-state index contributed by atoms with van der Waals surface area (Å²) >= 11 is 12.1. The first-order valence-electron chi connectivity index (χ1n) is 6.90. The molecule has 0 aliphatic carbocycles. The van der Waals surface area contributed by atoms with Gasteiger partial charge in [-0.25, -0.2) is 0 Å². The third kappa shape index (κ3) is 4.25. The Morgan fingerprint density at radius 3 is 2.48 bits per heavy atom. The minimum absolute atomic E-state index is 0.0753. The van der Waals surface area contributed by atoms with Crippen LogP contribution in [-0.2, 0) is 4.79 Å². The molecule has 0 heterocycles. The number of aliphatic hydroxyl groups excluding tert-OH is 1. The summed E-state index contributed by atoms with van der Waals surface area (Å²) in [7, 11) is 0. The third-order valence-corrected chi connectivity index (χ3v) is 4.73. The monoisotopic (exact) mass is 333 g/mol. The van der Waals surface area contributed by atoms with Gasteiger partial charge in [0.25, 0.3) is 0 Å². The van der Waals surface area contributed by atoms with E-state index in [-0.39, 0.29) is 24.2 Å². The average Bonchev–Trinajstić information content (AvgIpc) is 2.42. The van der Waals surface area contributed by atoms with Gasteiger partial charge in [-0.1, -0.05) is 43.5 Å². The SMILES string of the molecule is CC[C@@H](C[C@@H](C)c1c(O)ccc(Cl)c1Cl)[C@H](CO)C(N)=O. The second kappa shape index (κ2) is 7.87. The molecule has 0 radical (unpaired) electrons. The van der Waals surface area contributed by atoms with E-state index in [1.54, 1.807) is 0 Å². The Hall–Kier alpha value is -0.970. The van der Waals surface area contributed by atoms with Gasteiger partial charge in [0.05, 0.1) is 22.6 Å². The number of aliphatic hydroxyl groups is 1. The Kier molecular flexibility index (Phi) is 6.78. The molecule has 1 amide bonds. The van der Waals surface area contributed by atoms with Crippen LogP contribution in [0.1, 0.15) is 38.2 Å². The lowest BCUT2D eigenvalue weighted by atomic mass is 9.80. The van der Waals surface area contributed by atoms with E-state index in [2.05, 4.69) is 0 Å². The highest BCUT2D eigenvalue weighted by molar-refractivity contribution is 6.42. The van der Waals surface area contributed by atoms with Crippen LogP contribution in [0.2, 0.25) is 10.0 Å². The van der Waals surface area contributed by atoms with Gasteiger partial charge in [-0.2, -0.15) is 0 Å². The van der Waals surface area contributed by atoms with Crippen molar-refractivity contribution in [3.05, 3.63) is 27.7 Å². The number of aromatic hydroxyl groups is 1. The molecule has 4 nitrogen and oxygen atoms in total. The first-order valence-corrected chi connectivity index (χ1v) is 7.66. The lowest BCUT2D eigenvalue weighted by Crippen LogP contribution is -2.33. The Morgan fingerprint density at radius 1 is 1.38 bits per heavy atom. The van der Waals surface area contributed by atoms with Gasteiger partial charge in [-0.15, -0.1) is 0 Å². The molecule has 6 heteroatoms. The summed E-state index contributed by atoms with van der Waals surface area (Å²) < 4.78 is 0. The zero-order chi connectivity index (χ0) is 16.2. The number of halogens is 2. The van der Waals surface area contributed by atoms with Crippen LogP contribution in [0.15, 0.2) is 12.1 Å². The standard InChI is InChI=1S/C15H21Cl2NO3/c1-3-9(10(7-19)15(18)21)6-8(2)13-12(20)5-4-11(16)14(13)17/h4-5,8-10,19-20H,3,6-7H2,1-2H3,(H2,18,21)/t8-,9+,10+/m1/s1. The molecule has 0 aliphatic heterocycles. The zero-order valence-corrected chi connectivity index (χ0v) is 13.7. The van der Waals surface area contributed by atoms with Crippen molar-refractivity contribution in [3.8, 4) is 5.75 Å². The second-order valence-corrected chi connectivity index (χ2v) is 6.08. The lowest BCUT2D eigenvalue weighted by Gasteiger charge is -2.26. The van der Waals surface area contributed by atoms with Crippen LogP contribution in [0.5, 0.6) is 5.75 Å². The maximum Gasteiger partial charge on any atom is 0.223 e. The van der Waals surface area contributed by atoms with Crippen molar-refractivity contribution in [1.82, 2.24) is 0 Å². The maximum absolute atomic E-state index is 11.4. The van der Waals surface area contributed by atoms with Crippen molar-refractivity contribution in [2.45, 2.75) is 32.6 Å². The molecule has 0 aromatic heterocycles. The van der Waals surface area contributed by atoms with Crippen molar-refractivity contribution < 1.29 is 15.0 Å². The topological polar surface area (TPSA) is 83.6 Å². The zero-order valence-electron chi connectivity index (χ0n) is 12.1. The highest BCUT2D eigenvalue weighted by Crippen LogP contribution is 2.41.